The van der Waals surface area contributed by atoms with Crippen molar-refractivity contribution >= 4 is 23.6 Å². The highest BCUT2D eigenvalue weighted by atomic mass is 16.3. The normalized spacial score (nSPS) is 31.5. The van der Waals surface area contributed by atoms with Crippen LogP contribution in [0.2, 0.25) is 0 Å². The molecule has 3 saturated heterocycles. The minimum Gasteiger partial charge on any atom is -0.391 e. The SMILES string of the molecule is C[C@@H](O)[C@@H](C(N)=O)N1CC2(CN(C)C3(C2)C(=O)N([C@H](C(N)O)[C@@H](C)O)C3=O)C1=O. The number of aliphatic hydroxyl groups excluding tert-OH is 3. The predicted molar refractivity (Wildman–Crippen MR) is 96.3 cm³/mol. The molecule has 12 nitrogen and oxygen atoms in total. The number of carbonyl (C=O) groups is 4. The summed E-state index contributed by atoms with van der Waals surface area (Å²) in [5, 5.41) is 29.3. The summed E-state index contributed by atoms with van der Waals surface area (Å²) in [6.07, 6.45) is -4.13. The molecule has 3 aliphatic heterocycles. The number of primary amides is 1. The van der Waals surface area contributed by atoms with Crippen molar-refractivity contribution in [2.75, 3.05) is 20.1 Å². The van der Waals surface area contributed by atoms with E-state index in [1.807, 2.05) is 0 Å². The van der Waals surface area contributed by atoms with Crippen LogP contribution in [0.15, 0.2) is 0 Å². The monoisotopic (exact) mass is 413 g/mol. The lowest BCUT2D eigenvalue weighted by atomic mass is 9.69. The maximum Gasteiger partial charge on any atom is 0.260 e. The molecule has 3 aliphatic rings. The minimum atomic E-state index is -1.62. The highest BCUT2D eigenvalue weighted by Gasteiger charge is 2.75. The van der Waals surface area contributed by atoms with Crippen molar-refractivity contribution < 1.29 is 34.5 Å². The van der Waals surface area contributed by atoms with Crippen LogP contribution in [-0.4, -0.2) is 110 Å². The summed E-state index contributed by atoms with van der Waals surface area (Å²) in [5.74, 6) is -2.60. The van der Waals surface area contributed by atoms with Crippen LogP contribution in [-0.2, 0) is 19.2 Å². The zero-order valence-electron chi connectivity index (χ0n) is 16.5. The molecule has 0 aromatic rings. The van der Waals surface area contributed by atoms with Crippen LogP contribution in [0.5, 0.6) is 0 Å². The fraction of sp³-hybridized carbons (Fsp3) is 0.765. The zero-order valence-corrected chi connectivity index (χ0v) is 16.5. The molecule has 0 aromatic heterocycles. The molecule has 3 heterocycles. The van der Waals surface area contributed by atoms with Crippen LogP contribution >= 0.6 is 0 Å². The third-order valence-electron chi connectivity index (χ3n) is 6.34. The Bertz CT molecular complexity index is 745. The summed E-state index contributed by atoms with van der Waals surface area (Å²) in [4.78, 5) is 53.8. The van der Waals surface area contributed by atoms with Gasteiger partial charge in [0, 0.05) is 19.5 Å². The Kier molecular flexibility index (Phi) is 4.99. The van der Waals surface area contributed by atoms with Gasteiger partial charge in [-0.1, -0.05) is 0 Å². The molecular weight excluding hydrogens is 386 g/mol. The Morgan fingerprint density at radius 3 is 1.97 bits per heavy atom. The van der Waals surface area contributed by atoms with Crippen molar-refractivity contribution in [2.45, 2.75) is 56.3 Å². The van der Waals surface area contributed by atoms with Gasteiger partial charge < -0.3 is 31.7 Å². The van der Waals surface area contributed by atoms with Crippen molar-refractivity contribution in [1.82, 2.24) is 14.7 Å². The molecule has 3 rings (SSSR count). The topological polar surface area (TPSA) is 191 Å². The van der Waals surface area contributed by atoms with Gasteiger partial charge in [0.05, 0.1) is 17.6 Å². The first kappa shape index (κ1) is 21.6. The van der Waals surface area contributed by atoms with Gasteiger partial charge >= 0.3 is 0 Å². The molecule has 0 saturated carbocycles. The molecule has 0 bridgehead atoms. The number of amides is 4. The fourth-order valence-electron chi connectivity index (χ4n) is 5.01. The number of nitrogens with two attached hydrogens (primary N) is 2. The van der Waals surface area contributed by atoms with E-state index in [1.54, 1.807) is 0 Å². The Morgan fingerprint density at radius 2 is 1.59 bits per heavy atom. The number of hydrogen-bond acceptors (Lipinski definition) is 9. The van der Waals surface area contributed by atoms with Crippen LogP contribution in [0.4, 0.5) is 0 Å². The van der Waals surface area contributed by atoms with E-state index in [1.165, 1.54) is 25.8 Å². The Morgan fingerprint density at radius 1 is 1.03 bits per heavy atom. The molecular formula is C17H27N5O7. The van der Waals surface area contributed by atoms with Crippen LogP contribution in [0.1, 0.15) is 20.3 Å². The Labute approximate surface area is 167 Å². The smallest absolute Gasteiger partial charge is 0.260 e. The summed E-state index contributed by atoms with van der Waals surface area (Å²) in [5.41, 5.74) is 8.07. The van der Waals surface area contributed by atoms with Crippen molar-refractivity contribution in [1.29, 1.82) is 0 Å². The number of aliphatic hydroxyl groups is 3. The summed E-state index contributed by atoms with van der Waals surface area (Å²) in [6, 6.07) is -2.49. The van der Waals surface area contributed by atoms with Crippen molar-refractivity contribution in [3.8, 4) is 0 Å². The number of imide groups is 1. The van der Waals surface area contributed by atoms with E-state index in [-0.39, 0.29) is 19.5 Å². The number of nitrogens with zero attached hydrogens (tertiary/aromatic N) is 3. The summed E-state index contributed by atoms with van der Waals surface area (Å²) >= 11 is 0. The zero-order chi connectivity index (χ0) is 22.0. The lowest BCUT2D eigenvalue weighted by Crippen LogP contribution is -2.80. The number of likely N-dealkylation sites (N-methyl/N-ethyl adjacent to an activating group) is 1. The van der Waals surface area contributed by atoms with Gasteiger partial charge in [-0.3, -0.25) is 29.0 Å². The van der Waals surface area contributed by atoms with Crippen molar-refractivity contribution in [3.05, 3.63) is 0 Å². The first-order valence-electron chi connectivity index (χ1n) is 9.31. The van der Waals surface area contributed by atoms with Gasteiger partial charge in [-0.05, 0) is 20.9 Å². The van der Waals surface area contributed by atoms with Crippen molar-refractivity contribution in [3.63, 3.8) is 0 Å². The highest BCUT2D eigenvalue weighted by Crippen LogP contribution is 2.53. The molecule has 0 radical (unpaired) electrons. The van der Waals surface area contributed by atoms with Gasteiger partial charge in [0.15, 0.2) is 5.54 Å². The number of hydrogen-bond donors (Lipinski definition) is 5. The van der Waals surface area contributed by atoms with Gasteiger partial charge in [-0.15, -0.1) is 0 Å². The largest absolute Gasteiger partial charge is 0.391 e. The maximum atomic E-state index is 13.0. The quantitative estimate of drug-likeness (QED) is 0.162. The molecule has 0 aromatic carbocycles. The molecule has 29 heavy (non-hydrogen) atoms. The van der Waals surface area contributed by atoms with Crippen LogP contribution < -0.4 is 11.5 Å². The lowest BCUT2D eigenvalue weighted by molar-refractivity contribution is -0.188. The number of rotatable bonds is 6. The van der Waals surface area contributed by atoms with Gasteiger partial charge in [-0.25, -0.2) is 0 Å². The van der Waals surface area contributed by atoms with E-state index < -0.39 is 65.1 Å². The Hall–Kier alpha value is -2.12. The number of β-lactam (4-membered cyclic amide) rings is 3. The van der Waals surface area contributed by atoms with E-state index in [9.17, 15) is 34.5 Å². The standard InChI is InChI=1S/C17H27N5O7/c1-7(23)9(11(18)25)21-6-16(13(21)27)4-17(20(3)5-16)14(28)22(15(17)29)10(8(2)24)12(19)26/h7-10,12,23-24,26H,4-6,19H2,1-3H3,(H2,18,25)/t7-,8-,9+,10+,12?,16?/m1/s1. The number of carbonyl (C=O) groups excluding carboxylic acids is 4. The molecule has 7 N–H and O–H groups in total. The first-order valence-corrected chi connectivity index (χ1v) is 9.31. The van der Waals surface area contributed by atoms with E-state index in [4.69, 9.17) is 11.5 Å². The highest BCUT2D eigenvalue weighted by molar-refractivity contribution is 6.26. The minimum absolute atomic E-state index is 0.0658. The van der Waals surface area contributed by atoms with E-state index in [2.05, 4.69) is 0 Å². The number of likely N-dealkylation sites (tertiary alicyclic amines) is 3. The van der Waals surface area contributed by atoms with Crippen molar-refractivity contribution in [2.24, 2.45) is 16.9 Å². The van der Waals surface area contributed by atoms with E-state index >= 15 is 0 Å². The lowest BCUT2D eigenvalue weighted by Gasteiger charge is -2.53. The van der Waals surface area contributed by atoms with E-state index in [0.717, 1.165) is 9.80 Å². The maximum absolute atomic E-state index is 13.0. The molecule has 6 atom stereocenters. The molecule has 162 valence electrons. The molecule has 12 heteroatoms. The fourth-order valence-corrected chi connectivity index (χ4v) is 5.01. The average molecular weight is 413 g/mol. The third-order valence-corrected chi connectivity index (χ3v) is 6.34. The second-order valence-electron chi connectivity index (χ2n) is 8.40. The molecule has 3 fully saturated rings. The van der Waals surface area contributed by atoms with Gasteiger partial charge in [0.2, 0.25) is 11.8 Å². The Balaban J connectivity index is 1.83. The second kappa shape index (κ2) is 6.71. The summed E-state index contributed by atoms with van der Waals surface area (Å²) < 4.78 is 0. The van der Waals surface area contributed by atoms with E-state index in [0.29, 0.717) is 0 Å². The second-order valence-corrected chi connectivity index (χ2v) is 8.40. The molecule has 2 unspecified atom stereocenters. The summed E-state index contributed by atoms with van der Waals surface area (Å²) in [7, 11) is 1.54. The third kappa shape index (κ3) is 2.70. The molecule has 2 spiro atoms. The first-order chi connectivity index (χ1) is 13.3. The van der Waals surface area contributed by atoms with Crippen LogP contribution in [0.3, 0.4) is 0 Å². The van der Waals surface area contributed by atoms with Gasteiger partial charge in [-0.2, -0.15) is 0 Å². The predicted octanol–water partition coefficient (Wildman–Crippen LogP) is -4.48. The molecule has 4 amide bonds. The van der Waals surface area contributed by atoms with Gasteiger partial charge in [0.1, 0.15) is 18.3 Å². The van der Waals surface area contributed by atoms with Crippen LogP contribution in [0.25, 0.3) is 0 Å². The average Bonchev–Trinajstić information content (AvgIpc) is 2.94. The summed E-state index contributed by atoms with van der Waals surface area (Å²) in [6.45, 7) is 2.82. The van der Waals surface area contributed by atoms with Gasteiger partial charge in [0.25, 0.3) is 11.8 Å². The van der Waals surface area contributed by atoms with Crippen LogP contribution in [0, 0.1) is 5.41 Å². The molecule has 0 aliphatic carbocycles.